The van der Waals surface area contributed by atoms with Crippen molar-refractivity contribution in [3.63, 3.8) is 0 Å². The van der Waals surface area contributed by atoms with Gasteiger partial charge in [0.05, 0.1) is 25.5 Å². The molecular formula is C24H30N2O3. The van der Waals surface area contributed by atoms with E-state index < -0.39 is 0 Å². The average molecular weight is 395 g/mol. The molecule has 1 aliphatic rings. The van der Waals surface area contributed by atoms with Gasteiger partial charge in [0, 0.05) is 36.1 Å². The van der Waals surface area contributed by atoms with Crippen LogP contribution in [0.2, 0.25) is 0 Å². The summed E-state index contributed by atoms with van der Waals surface area (Å²) in [6.45, 7) is 8.78. The number of carbonyl (C=O) groups is 1. The minimum atomic E-state index is -0.368. The Kier molecular flexibility index (Phi) is 5.69. The average Bonchev–Trinajstić information content (AvgIpc) is 2.70. The molecule has 0 radical (unpaired) electrons. The molecule has 5 heteroatoms. The van der Waals surface area contributed by atoms with Crippen molar-refractivity contribution >= 4 is 23.6 Å². The van der Waals surface area contributed by atoms with Gasteiger partial charge in [0.1, 0.15) is 5.75 Å². The molecule has 154 valence electrons. The molecule has 0 amide bonds. The number of rotatable bonds is 4. The van der Waals surface area contributed by atoms with Crippen molar-refractivity contribution in [1.29, 1.82) is 0 Å². The summed E-state index contributed by atoms with van der Waals surface area (Å²) in [4.78, 5) is 18.8. The van der Waals surface area contributed by atoms with E-state index in [1.165, 1.54) is 18.4 Å². The summed E-state index contributed by atoms with van der Waals surface area (Å²) in [5.41, 5.74) is 5.73. The van der Waals surface area contributed by atoms with Crippen LogP contribution in [0.25, 0.3) is 0 Å². The first kappa shape index (κ1) is 20.9. The zero-order valence-electron chi connectivity index (χ0n) is 18.4. The Bertz CT molecular complexity index is 963. The maximum atomic E-state index is 11.8. The first-order valence-electron chi connectivity index (χ1n) is 9.86. The van der Waals surface area contributed by atoms with Crippen molar-refractivity contribution in [2.75, 3.05) is 26.2 Å². The number of hydrogen-bond donors (Lipinski definition) is 0. The summed E-state index contributed by atoms with van der Waals surface area (Å²) in [6, 6.07) is 9.65. The van der Waals surface area contributed by atoms with Gasteiger partial charge in [-0.25, -0.2) is 4.79 Å². The number of fused-ring (bicyclic) bond motifs is 1. The second-order valence-electron chi connectivity index (χ2n) is 8.38. The molecule has 1 unspecified atom stereocenters. The highest BCUT2D eigenvalue weighted by Gasteiger charge is 2.34. The molecule has 0 spiro atoms. The van der Waals surface area contributed by atoms with Crippen molar-refractivity contribution in [1.82, 2.24) is 0 Å². The second kappa shape index (κ2) is 7.90. The lowest BCUT2D eigenvalue weighted by Gasteiger charge is -2.45. The first-order valence-corrected chi connectivity index (χ1v) is 9.86. The van der Waals surface area contributed by atoms with Gasteiger partial charge in [0.15, 0.2) is 0 Å². The Morgan fingerprint density at radius 3 is 2.62 bits per heavy atom. The van der Waals surface area contributed by atoms with Crippen LogP contribution in [0.4, 0.5) is 11.4 Å². The van der Waals surface area contributed by atoms with Gasteiger partial charge in [-0.3, -0.25) is 4.99 Å². The third kappa shape index (κ3) is 4.00. The Labute approximate surface area is 173 Å². The molecule has 29 heavy (non-hydrogen) atoms. The van der Waals surface area contributed by atoms with Gasteiger partial charge in [-0.05, 0) is 62.4 Å². The third-order valence-electron chi connectivity index (χ3n) is 5.96. The molecule has 2 aromatic carbocycles. The molecule has 0 fully saturated rings. The predicted octanol–water partition coefficient (Wildman–Crippen LogP) is 5.26. The van der Waals surface area contributed by atoms with Gasteiger partial charge in [-0.2, -0.15) is 0 Å². The number of aliphatic imine (C=N–C) groups is 1. The number of aryl methyl sites for hydroxylation is 1. The Hall–Kier alpha value is -2.82. The van der Waals surface area contributed by atoms with E-state index in [0.29, 0.717) is 11.5 Å². The van der Waals surface area contributed by atoms with Crippen LogP contribution >= 0.6 is 0 Å². The van der Waals surface area contributed by atoms with E-state index >= 15 is 0 Å². The number of hydrogen-bond acceptors (Lipinski definition) is 5. The zero-order chi connectivity index (χ0) is 21.3. The topological polar surface area (TPSA) is 51.1 Å². The summed E-state index contributed by atoms with van der Waals surface area (Å²) in [5.74, 6) is 0.858. The largest absolute Gasteiger partial charge is 0.496 e. The number of ether oxygens (including phenoxy) is 2. The first-order chi connectivity index (χ1) is 13.7. The van der Waals surface area contributed by atoms with Crippen LogP contribution in [0.3, 0.4) is 0 Å². The van der Waals surface area contributed by atoms with E-state index in [2.05, 4.69) is 49.8 Å². The predicted molar refractivity (Wildman–Crippen MR) is 118 cm³/mol. The van der Waals surface area contributed by atoms with E-state index in [1.54, 1.807) is 19.2 Å². The third-order valence-corrected chi connectivity index (χ3v) is 5.96. The minimum absolute atomic E-state index is 0.0957. The summed E-state index contributed by atoms with van der Waals surface area (Å²) < 4.78 is 10.5. The highest BCUT2D eigenvalue weighted by atomic mass is 16.5. The van der Waals surface area contributed by atoms with Crippen molar-refractivity contribution in [2.45, 2.75) is 45.6 Å². The van der Waals surface area contributed by atoms with Gasteiger partial charge in [-0.15, -0.1) is 0 Å². The van der Waals surface area contributed by atoms with E-state index in [-0.39, 0.29) is 11.5 Å². The van der Waals surface area contributed by atoms with Gasteiger partial charge < -0.3 is 14.4 Å². The van der Waals surface area contributed by atoms with Crippen LogP contribution in [-0.2, 0) is 4.74 Å². The number of methoxy groups -OCH3 is 2. The smallest absolute Gasteiger partial charge is 0.337 e. The fourth-order valence-electron chi connectivity index (χ4n) is 4.02. The van der Waals surface area contributed by atoms with Crippen LogP contribution in [0.5, 0.6) is 5.75 Å². The number of esters is 1. The van der Waals surface area contributed by atoms with Crippen LogP contribution in [-0.4, -0.2) is 39.0 Å². The molecule has 0 saturated carbocycles. The Balaban J connectivity index is 2.03. The molecule has 1 aliphatic heterocycles. The normalized spacial score (nSPS) is 17.9. The fourth-order valence-corrected chi connectivity index (χ4v) is 4.02. The molecule has 5 nitrogen and oxygen atoms in total. The van der Waals surface area contributed by atoms with Crippen LogP contribution in [0, 0.1) is 6.92 Å². The van der Waals surface area contributed by atoms with E-state index in [1.807, 2.05) is 19.2 Å². The Morgan fingerprint density at radius 1 is 1.24 bits per heavy atom. The van der Waals surface area contributed by atoms with E-state index in [4.69, 9.17) is 9.47 Å². The molecule has 1 heterocycles. The highest BCUT2D eigenvalue weighted by molar-refractivity contribution is 5.92. The molecule has 1 atom stereocenters. The molecule has 3 rings (SSSR count). The Morgan fingerprint density at radius 2 is 1.97 bits per heavy atom. The molecule has 0 bridgehead atoms. The number of benzene rings is 2. The van der Waals surface area contributed by atoms with Gasteiger partial charge in [0.2, 0.25) is 0 Å². The summed E-state index contributed by atoms with van der Waals surface area (Å²) in [5, 5.41) is 0. The molecular weight excluding hydrogens is 364 g/mol. The van der Waals surface area contributed by atoms with Crippen molar-refractivity contribution in [2.24, 2.45) is 4.99 Å². The molecule has 2 aromatic rings. The summed E-state index contributed by atoms with van der Waals surface area (Å²) in [6.07, 6.45) is 2.90. The lowest BCUT2D eigenvalue weighted by atomic mass is 9.80. The summed E-state index contributed by atoms with van der Waals surface area (Å²) in [7, 11) is 5.20. The van der Waals surface area contributed by atoms with E-state index in [0.717, 1.165) is 29.0 Å². The molecule has 0 saturated heterocycles. The maximum absolute atomic E-state index is 11.8. The molecule has 0 aliphatic carbocycles. The number of nitrogens with zero attached hydrogens (tertiary/aromatic N) is 2. The van der Waals surface area contributed by atoms with Crippen molar-refractivity contribution in [3.05, 3.63) is 52.6 Å². The monoisotopic (exact) mass is 394 g/mol. The number of carbonyl (C=O) groups excluding carboxylic acids is 1. The van der Waals surface area contributed by atoms with Gasteiger partial charge in [-0.1, -0.05) is 13.0 Å². The zero-order valence-corrected chi connectivity index (χ0v) is 18.4. The molecule has 0 N–H and O–H groups in total. The maximum Gasteiger partial charge on any atom is 0.337 e. The van der Waals surface area contributed by atoms with E-state index in [9.17, 15) is 4.79 Å². The quantitative estimate of drug-likeness (QED) is 0.524. The van der Waals surface area contributed by atoms with Gasteiger partial charge in [0.25, 0.3) is 0 Å². The second-order valence-corrected chi connectivity index (χ2v) is 8.38. The lowest BCUT2D eigenvalue weighted by Crippen LogP contribution is -2.45. The standard InChI is InChI=1S/C24H30N2O3/c1-15-8-9-17(23(27)29-7)11-20(15)25-14-18-10-19-16(2)13-24(3,4)26(5)21(19)12-22(18)28-6/h8-12,14,16H,13H2,1-7H3. The van der Waals surface area contributed by atoms with Crippen LogP contribution < -0.4 is 9.64 Å². The number of anilines is 1. The van der Waals surface area contributed by atoms with Crippen LogP contribution in [0.15, 0.2) is 35.3 Å². The van der Waals surface area contributed by atoms with Crippen LogP contribution in [0.1, 0.15) is 60.2 Å². The molecule has 0 aromatic heterocycles. The fraction of sp³-hybridized carbons (Fsp3) is 0.417. The highest BCUT2D eigenvalue weighted by Crippen LogP contribution is 2.44. The van der Waals surface area contributed by atoms with Gasteiger partial charge >= 0.3 is 5.97 Å². The summed E-state index contributed by atoms with van der Waals surface area (Å²) >= 11 is 0. The SMILES string of the molecule is COC(=O)c1ccc(C)c(N=Cc2cc3c(cc2OC)N(C)C(C)(C)CC3C)c1. The van der Waals surface area contributed by atoms with Crippen molar-refractivity contribution < 1.29 is 14.3 Å². The lowest BCUT2D eigenvalue weighted by molar-refractivity contribution is 0.0601. The minimum Gasteiger partial charge on any atom is -0.496 e. The van der Waals surface area contributed by atoms with Crippen molar-refractivity contribution in [3.8, 4) is 5.75 Å².